The largest absolute Gasteiger partial charge is 0.454 e. The van der Waals surface area contributed by atoms with Crippen LogP contribution in [0.1, 0.15) is 34.6 Å². The van der Waals surface area contributed by atoms with Crippen LogP contribution in [-0.4, -0.2) is 58.2 Å². The van der Waals surface area contributed by atoms with Crippen molar-refractivity contribution in [2.75, 3.05) is 26.7 Å². The fraction of sp³-hybridized carbons (Fsp3) is 0.529. The SMILES string of the molecule is Cc1cc(C)n(Cc2ccc(C(=O)N3CCN(C)CC3C)o2)n1. The molecule has 124 valence electrons. The number of carbonyl (C=O) groups excluding carboxylic acids is 1. The van der Waals surface area contributed by atoms with Crippen molar-refractivity contribution in [1.29, 1.82) is 0 Å². The van der Waals surface area contributed by atoms with Gasteiger partial charge in [-0.2, -0.15) is 5.10 Å². The van der Waals surface area contributed by atoms with Crippen LogP contribution < -0.4 is 0 Å². The van der Waals surface area contributed by atoms with Crippen molar-refractivity contribution < 1.29 is 9.21 Å². The highest BCUT2D eigenvalue weighted by Gasteiger charge is 2.28. The van der Waals surface area contributed by atoms with Crippen LogP contribution in [0.2, 0.25) is 0 Å². The first kappa shape index (κ1) is 15.8. The molecule has 1 aliphatic heterocycles. The standard InChI is InChI=1S/C17H24N4O2/c1-12-9-13(2)21(18-12)11-15-5-6-16(23-15)17(22)20-8-7-19(4)10-14(20)3/h5-6,9,14H,7-8,10-11H2,1-4H3. The van der Waals surface area contributed by atoms with Crippen molar-refractivity contribution in [3.8, 4) is 0 Å². The summed E-state index contributed by atoms with van der Waals surface area (Å²) < 4.78 is 7.67. The molecule has 3 heterocycles. The van der Waals surface area contributed by atoms with Crippen molar-refractivity contribution in [1.82, 2.24) is 19.6 Å². The van der Waals surface area contributed by atoms with E-state index in [0.717, 1.165) is 36.8 Å². The van der Waals surface area contributed by atoms with Gasteiger partial charge in [0.2, 0.25) is 0 Å². The molecule has 23 heavy (non-hydrogen) atoms. The minimum Gasteiger partial charge on any atom is -0.454 e. The molecule has 1 amide bonds. The lowest BCUT2D eigenvalue weighted by molar-refractivity contribution is 0.0501. The van der Waals surface area contributed by atoms with E-state index in [4.69, 9.17) is 4.42 Å². The zero-order chi connectivity index (χ0) is 16.6. The monoisotopic (exact) mass is 316 g/mol. The molecule has 6 heteroatoms. The fourth-order valence-corrected chi connectivity index (χ4v) is 3.14. The fourth-order valence-electron chi connectivity index (χ4n) is 3.14. The Kier molecular flexibility index (Phi) is 4.26. The second kappa shape index (κ2) is 6.20. The summed E-state index contributed by atoms with van der Waals surface area (Å²) in [6, 6.07) is 5.87. The number of aryl methyl sites for hydroxylation is 2. The number of rotatable bonds is 3. The third-order valence-corrected chi connectivity index (χ3v) is 4.37. The van der Waals surface area contributed by atoms with Crippen LogP contribution >= 0.6 is 0 Å². The maximum atomic E-state index is 12.6. The molecule has 0 N–H and O–H groups in total. The molecule has 0 aromatic carbocycles. The number of hydrogen-bond acceptors (Lipinski definition) is 4. The summed E-state index contributed by atoms with van der Waals surface area (Å²) in [7, 11) is 2.08. The predicted molar refractivity (Wildman–Crippen MR) is 87.5 cm³/mol. The number of piperazine rings is 1. The van der Waals surface area contributed by atoms with E-state index >= 15 is 0 Å². The van der Waals surface area contributed by atoms with Gasteiger partial charge >= 0.3 is 0 Å². The zero-order valence-electron chi connectivity index (χ0n) is 14.2. The number of amides is 1. The minimum absolute atomic E-state index is 0.0229. The molecular formula is C17H24N4O2. The van der Waals surface area contributed by atoms with Crippen molar-refractivity contribution in [2.24, 2.45) is 0 Å². The molecule has 0 saturated carbocycles. The molecule has 0 bridgehead atoms. The van der Waals surface area contributed by atoms with Crippen LogP contribution in [0.25, 0.3) is 0 Å². The van der Waals surface area contributed by atoms with Gasteiger partial charge in [0.25, 0.3) is 5.91 Å². The molecule has 1 unspecified atom stereocenters. The van der Waals surface area contributed by atoms with E-state index in [0.29, 0.717) is 12.3 Å². The lowest BCUT2D eigenvalue weighted by Gasteiger charge is -2.37. The lowest BCUT2D eigenvalue weighted by atomic mass is 10.2. The average Bonchev–Trinajstić information content (AvgIpc) is 3.06. The maximum absolute atomic E-state index is 12.6. The van der Waals surface area contributed by atoms with Crippen LogP contribution in [0.5, 0.6) is 0 Å². The Balaban J connectivity index is 1.71. The highest BCUT2D eigenvalue weighted by molar-refractivity contribution is 5.91. The summed E-state index contributed by atoms with van der Waals surface area (Å²) in [5.41, 5.74) is 2.07. The van der Waals surface area contributed by atoms with Gasteiger partial charge in [0.1, 0.15) is 5.76 Å². The second-order valence-electron chi connectivity index (χ2n) is 6.46. The Hall–Kier alpha value is -2.08. The number of aromatic nitrogens is 2. The van der Waals surface area contributed by atoms with Gasteiger partial charge in [-0.25, -0.2) is 0 Å². The van der Waals surface area contributed by atoms with Crippen LogP contribution in [0, 0.1) is 13.8 Å². The van der Waals surface area contributed by atoms with E-state index in [9.17, 15) is 4.79 Å². The summed E-state index contributed by atoms with van der Waals surface area (Å²) in [6.07, 6.45) is 0. The third-order valence-electron chi connectivity index (χ3n) is 4.37. The van der Waals surface area contributed by atoms with E-state index in [1.165, 1.54) is 0 Å². The predicted octanol–water partition coefficient (Wildman–Crippen LogP) is 1.92. The number of hydrogen-bond donors (Lipinski definition) is 0. The highest BCUT2D eigenvalue weighted by Crippen LogP contribution is 2.17. The number of nitrogens with zero attached hydrogens (tertiary/aromatic N) is 4. The van der Waals surface area contributed by atoms with E-state index < -0.39 is 0 Å². The number of carbonyl (C=O) groups is 1. The molecule has 3 rings (SSSR count). The third kappa shape index (κ3) is 3.32. The summed E-state index contributed by atoms with van der Waals surface area (Å²) in [6.45, 7) is 9.14. The molecule has 1 saturated heterocycles. The van der Waals surface area contributed by atoms with Gasteiger partial charge in [-0.05, 0) is 46.0 Å². The van der Waals surface area contributed by atoms with Gasteiger partial charge in [0.05, 0.1) is 12.2 Å². The topological polar surface area (TPSA) is 54.5 Å². The van der Waals surface area contributed by atoms with Crippen LogP contribution in [0.3, 0.4) is 0 Å². The Bertz CT molecular complexity index is 703. The van der Waals surface area contributed by atoms with Gasteiger partial charge in [-0.1, -0.05) is 0 Å². The van der Waals surface area contributed by atoms with Crippen LogP contribution in [-0.2, 0) is 6.54 Å². The van der Waals surface area contributed by atoms with Gasteiger partial charge in [0.15, 0.2) is 5.76 Å². The molecule has 2 aromatic rings. The van der Waals surface area contributed by atoms with E-state index in [1.807, 2.05) is 35.6 Å². The van der Waals surface area contributed by atoms with E-state index in [1.54, 1.807) is 6.07 Å². The highest BCUT2D eigenvalue weighted by atomic mass is 16.4. The summed E-state index contributed by atoms with van der Waals surface area (Å²) in [5.74, 6) is 1.14. The summed E-state index contributed by atoms with van der Waals surface area (Å²) in [5, 5.41) is 4.43. The molecular weight excluding hydrogens is 292 g/mol. The van der Waals surface area contributed by atoms with Gasteiger partial charge in [-0.15, -0.1) is 0 Å². The Morgan fingerprint density at radius 1 is 1.35 bits per heavy atom. The van der Waals surface area contributed by atoms with Crippen molar-refractivity contribution in [2.45, 2.75) is 33.4 Å². The lowest BCUT2D eigenvalue weighted by Crippen LogP contribution is -2.52. The van der Waals surface area contributed by atoms with E-state index in [-0.39, 0.29) is 11.9 Å². The molecule has 1 aliphatic rings. The molecule has 1 fully saturated rings. The van der Waals surface area contributed by atoms with Crippen molar-refractivity contribution in [3.05, 3.63) is 41.1 Å². The molecule has 1 atom stereocenters. The first-order valence-corrected chi connectivity index (χ1v) is 8.03. The van der Waals surface area contributed by atoms with E-state index in [2.05, 4.69) is 24.0 Å². The Morgan fingerprint density at radius 3 is 2.78 bits per heavy atom. The number of likely N-dealkylation sites (N-methyl/N-ethyl adjacent to an activating group) is 1. The van der Waals surface area contributed by atoms with Crippen molar-refractivity contribution >= 4 is 5.91 Å². The first-order chi connectivity index (χ1) is 10.9. The molecule has 6 nitrogen and oxygen atoms in total. The average molecular weight is 316 g/mol. The Morgan fingerprint density at radius 2 is 2.13 bits per heavy atom. The molecule has 0 spiro atoms. The normalized spacial score (nSPS) is 19.3. The molecule has 0 aliphatic carbocycles. The van der Waals surface area contributed by atoms with Crippen LogP contribution in [0.15, 0.2) is 22.6 Å². The van der Waals surface area contributed by atoms with Gasteiger partial charge < -0.3 is 14.2 Å². The quantitative estimate of drug-likeness (QED) is 0.868. The van der Waals surface area contributed by atoms with Crippen LogP contribution in [0.4, 0.5) is 0 Å². The van der Waals surface area contributed by atoms with Gasteiger partial charge in [0, 0.05) is 31.4 Å². The minimum atomic E-state index is -0.0229. The smallest absolute Gasteiger partial charge is 0.289 e. The number of furan rings is 1. The second-order valence-corrected chi connectivity index (χ2v) is 6.46. The summed E-state index contributed by atoms with van der Waals surface area (Å²) >= 11 is 0. The Labute approximate surface area is 136 Å². The molecule has 2 aromatic heterocycles. The first-order valence-electron chi connectivity index (χ1n) is 8.03. The maximum Gasteiger partial charge on any atom is 0.289 e. The van der Waals surface area contributed by atoms with Crippen molar-refractivity contribution in [3.63, 3.8) is 0 Å². The summed E-state index contributed by atoms with van der Waals surface area (Å²) in [4.78, 5) is 16.8. The van der Waals surface area contributed by atoms with Gasteiger partial charge in [-0.3, -0.25) is 9.48 Å². The molecule has 0 radical (unpaired) electrons. The zero-order valence-corrected chi connectivity index (χ0v) is 14.2.